The van der Waals surface area contributed by atoms with Crippen molar-refractivity contribution >= 4 is 11.9 Å². The second-order valence-electron chi connectivity index (χ2n) is 5.11. The Morgan fingerprint density at radius 1 is 1.00 bits per heavy atom. The molecule has 1 N–H and O–H groups in total. The summed E-state index contributed by atoms with van der Waals surface area (Å²) < 4.78 is 5.30. The molecule has 0 fully saturated rings. The number of benzene rings is 2. The number of nitrogens with zero attached hydrogens (tertiary/aromatic N) is 1. The summed E-state index contributed by atoms with van der Waals surface area (Å²) in [6, 6.07) is 16.7. The largest absolute Gasteiger partial charge is 0.419 e. The molecule has 0 saturated carbocycles. The quantitative estimate of drug-likeness (QED) is 0.926. The van der Waals surface area contributed by atoms with Crippen LogP contribution in [0.2, 0.25) is 0 Å². The Labute approximate surface area is 133 Å². The van der Waals surface area contributed by atoms with Gasteiger partial charge in [0.05, 0.1) is 6.04 Å². The summed E-state index contributed by atoms with van der Waals surface area (Å²) in [6.07, 6.45) is 0.535. The molecule has 5 heteroatoms. The Bertz CT molecular complexity index is 727. The van der Waals surface area contributed by atoms with E-state index in [1.165, 1.54) is 17.2 Å². The number of aliphatic hydroxyl groups is 1. The van der Waals surface area contributed by atoms with E-state index in [9.17, 15) is 14.7 Å². The van der Waals surface area contributed by atoms with Crippen molar-refractivity contribution in [2.24, 2.45) is 0 Å². The van der Waals surface area contributed by atoms with Crippen molar-refractivity contribution in [1.82, 2.24) is 4.90 Å². The molecule has 1 aliphatic rings. The Morgan fingerprint density at radius 2 is 1.61 bits per heavy atom. The zero-order valence-corrected chi connectivity index (χ0v) is 12.2. The molecule has 1 amide bonds. The highest BCUT2D eigenvalue weighted by Crippen LogP contribution is 2.29. The van der Waals surface area contributed by atoms with Crippen LogP contribution in [0.25, 0.3) is 0 Å². The first-order chi connectivity index (χ1) is 11.2. The van der Waals surface area contributed by atoms with Gasteiger partial charge in [-0.05, 0) is 17.7 Å². The van der Waals surface area contributed by atoms with Gasteiger partial charge in [0.25, 0.3) is 0 Å². The fourth-order valence-corrected chi connectivity index (χ4v) is 2.46. The van der Waals surface area contributed by atoms with Crippen LogP contribution in [0.1, 0.15) is 11.6 Å². The maximum Gasteiger partial charge on any atom is 0.419 e. The van der Waals surface area contributed by atoms with Crippen molar-refractivity contribution in [1.29, 1.82) is 0 Å². The van der Waals surface area contributed by atoms with Gasteiger partial charge in [0.15, 0.2) is 5.78 Å². The van der Waals surface area contributed by atoms with Gasteiger partial charge in [-0.1, -0.05) is 48.5 Å². The van der Waals surface area contributed by atoms with Crippen LogP contribution >= 0.6 is 0 Å². The fourth-order valence-electron chi connectivity index (χ4n) is 2.46. The number of carbonyl (C=O) groups excluding carboxylic acids is 2. The molecule has 0 spiro atoms. The molecular formula is C18H15NO4. The molecule has 0 radical (unpaired) electrons. The second kappa shape index (κ2) is 6.46. The molecule has 0 aliphatic carbocycles. The molecule has 0 bridgehead atoms. The third-order valence-electron chi connectivity index (χ3n) is 3.59. The number of hydrogen-bond donors (Lipinski definition) is 1. The van der Waals surface area contributed by atoms with E-state index in [2.05, 4.69) is 0 Å². The average molecular weight is 309 g/mol. The fraction of sp³-hybridized carbons (Fsp3) is 0.111. The number of amides is 1. The minimum Gasteiger partial charge on any atom is -0.410 e. The summed E-state index contributed by atoms with van der Waals surface area (Å²) in [5, 5.41) is 10.2. The maximum absolute atomic E-state index is 12.4. The number of aliphatic hydroxyl groups excluding tert-OH is 1. The lowest BCUT2D eigenvalue weighted by Crippen LogP contribution is -2.44. The molecule has 0 aromatic heterocycles. The topological polar surface area (TPSA) is 66.8 Å². The summed E-state index contributed by atoms with van der Waals surface area (Å²) in [5.41, 5.74) is 0.655. The zero-order chi connectivity index (χ0) is 16.2. The zero-order valence-electron chi connectivity index (χ0n) is 12.2. The van der Waals surface area contributed by atoms with Gasteiger partial charge < -0.3 is 9.84 Å². The number of hydrogen-bond acceptors (Lipinski definition) is 4. The van der Waals surface area contributed by atoms with Crippen LogP contribution in [-0.4, -0.2) is 28.0 Å². The van der Waals surface area contributed by atoms with Crippen molar-refractivity contribution in [2.75, 3.05) is 0 Å². The van der Waals surface area contributed by atoms with Crippen molar-refractivity contribution < 1.29 is 19.4 Å². The first-order valence-electron chi connectivity index (χ1n) is 7.17. The lowest BCUT2D eigenvalue weighted by molar-refractivity contribution is -0.126. The lowest BCUT2D eigenvalue weighted by atomic mass is 9.95. The Morgan fingerprint density at radius 3 is 2.26 bits per heavy atom. The standard InChI is InChI=1S/C18H15NO4/c20-15-11-12-19(18(22)23-14-9-5-2-6-10-14)16(17(15)21)13-7-3-1-4-8-13/h1-12,16-17,21H/t16-,17+/m1/s1. The van der Waals surface area contributed by atoms with Crippen LogP contribution in [0.5, 0.6) is 5.75 Å². The molecule has 2 aromatic rings. The van der Waals surface area contributed by atoms with Gasteiger partial charge in [-0.2, -0.15) is 0 Å². The molecule has 2 atom stereocenters. The Balaban J connectivity index is 1.90. The number of carbonyl (C=O) groups is 2. The highest BCUT2D eigenvalue weighted by Gasteiger charge is 2.37. The summed E-state index contributed by atoms with van der Waals surface area (Å²) in [5.74, 6) is -0.0493. The highest BCUT2D eigenvalue weighted by molar-refractivity contribution is 5.96. The smallest absolute Gasteiger partial charge is 0.410 e. The molecule has 0 unspecified atom stereocenters. The van der Waals surface area contributed by atoms with Gasteiger partial charge in [0, 0.05) is 12.3 Å². The molecule has 1 heterocycles. The second-order valence-corrected chi connectivity index (χ2v) is 5.11. The molecular weight excluding hydrogens is 294 g/mol. The van der Waals surface area contributed by atoms with Gasteiger partial charge in [-0.25, -0.2) is 4.79 Å². The van der Waals surface area contributed by atoms with E-state index in [0.29, 0.717) is 11.3 Å². The average Bonchev–Trinajstić information content (AvgIpc) is 2.58. The normalized spacial score (nSPS) is 20.4. The van der Waals surface area contributed by atoms with Gasteiger partial charge in [-0.15, -0.1) is 0 Å². The van der Waals surface area contributed by atoms with Gasteiger partial charge in [0.1, 0.15) is 11.9 Å². The molecule has 3 rings (SSSR count). The monoisotopic (exact) mass is 309 g/mol. The SMILES string of the molecule is O=C1C=CN(C(=O)Oc2ccccc2)[C@H](c2ccccc2)[C@H]1O. The van der Waals surface area contributed by atoms with E-state index in [-0.39, 0.29) is 0 Å². The molecule has 1 aliphatic heterocycles. The van der Waals surface area contributed by atoms with E-state index in [1.807, 2.05) is 12.1 Å². The molecule has 2 aromatic carbocycles. The van der Waals surface area contributed by atoms with E-state index in [4.69, 9.17) is 4.74 Å². The van der Waals surface area contributed by atoms with Crippen LogP contribution in [0.15, 0.2) is 72.9 Å². The molecule has 23 heavy (non-hydrogen) atoms. The van der Waals surface area contributed by atoms with Gasteiger partial charge in [-0.3, -0.25) is 9.69 Å². The number of ether oxygens (including phenoxy) is 1. The summed E-state index contributed by atoms with van der Waals surface area (Å²) in [7, 11) is 0. The number of ketones is 1. The summed E-state index contributed by atoms with van der Waals surface area (Å²) in [4.78, 5) is 25.5. The van der Waals surface area contributed by atoms with Crippen LogP contribution in [-0.2, 0) is 4.79 Å². The van der Waals surface area contributed by atoms with E-state index in [0.717, 1.165) is 0 Å². The predicted molar refractivity (Wildman–Crippen MR) is 83.6 cm³/mol. The van der Waals surface area contributed by atoms with Crippen molar-refractivity contribution in [3.63, 3.8) is 0 Å². The van der Waals surface area contributed by atoms with E-state index >= 15 is 0 Å². The maximum atomic E-state index is 12.4. The van der Waals surface area contributed by atoms with E-state index < -0.39 is 24.0 Å². The predicted octanol–water partition coefficient (Wildman–Crippen LogP) is 2.69. The van der Waals surface area contributed by atoms with Crippen LogP contribution in [0, 0.1) is 0 Å². The molecule has 116 valence electrons. The third kappa shape index (κ3) is 3.14. The Hall–Kier alpha value is -2.92. The first kappa shape index (κ1) is 15.0. The summed E-state index contributed by atoms with van der Waals surface area (Å²) >= 11 is 0. The molecule has 5 nitrogen and oxygen atoms in total. The van der Waals surface area contributed by atoms with Crippen LogP contribution in [0.4, 0.5) is 4.79 Å². The third-order valence-corrected chi connectivity index (χ3v) is 3.59. The van der Waals surface area contributed by atoms with Gasteiger partial charge in [0.2, 0.25) is 0 Å². The lowest BCUT2D eigenvalue weighted by Gasteiger charge is -2.33. The van der Waals surface area contributed by atoms with Crippen LogP contribution < -0.4 is 4.74 Å². The van der Waals surface area contributed by atoms with Crippen LogP contribution in [0.3, 0.4) is 0 Å². The van der Waals surface area contributed by atoms with Gasteiger partial charge >= 0.3 is 6.09 Å². The van der Waals surface area contributed by atoms with Crippen molar-refractivity contribution in [2.45, 2.75) is 12.1 Å². The number of rotatable bonds is 2. The van der Waals surface area contributed by atoms with Crippen molar-refractivity contribution in [3.05, 3.63) is 78.5 Å². The molecule has 0 saturated heterocycles. The first-order valence-corrected chi connectivity index (χ1v) is 7.17. The summed E-state index contributed by atoms with van der Waals surface area (Å²) in [6.45, 7) is 0. The minimum atomic E-state index is -1.33. The number of para-hydroxylation sites is 1. The highest BCUT2D eigenvalue weighted by atomic mass is 16.6. The minimum absolute atomic E-state index is 0.393. The van der Waals surface area contributed by atoms with Crippen molar-refractivity contribution in [3.8, 4) is 5.75 Å². The van der Waals surface area contributed by atoms with E-state index in [1.54, 1.807) is 48.5 Å². The Kier molecular flexibility index (Phi) is 4.21.